The second-order valence-corrected chi connectivity index (χ2v) is 8.22. The molecule has 3 aromatic rings. The summed E-state index contributed by atoms with van der Waals surface area (Å²) in [6.07, 6.45) is 4.20. The highest BCUT2D eigenvalue weighted by Gasteiger charge is 2.16. The van der Waals surface area contributed by atoms with Crippen LogP contribution in [0.3, 0.4) is 0 Å². The molecule has 4 rings (SSSR count). The first-order chi connectivity index (χ1) is 14.1. The predicted octanol–water partition coefficient (Wildman–Crippen LogP) is 5.81. The summed E-state index contributed by atoms with van der Waals surface area (Å²) in [6, 6.07) is 15.3. The van der Waals surface area contributed by atoms with Gasteiger partial charge in [-0.05, 0) is 50.3 Å². The number of aromatic nitrogens is 1. The first-order valence-corrected chi connectivity index (χ1v) is 10.8. The molecule has 1 heterocycles. The van der Waals surface area contributed by atoms with E-state index < -0.39 is 0 Å². The zero-order valence-corrected chi connectivity index (χ0v) is 17.4. The van der Waals surface area contributed by atoms with Gasteiger partial charge in [0, 0.05) is 16.5 Å². The Morgan fingerprint density at radius 1 is 1.07 bits per heavy atom. The lowest BCUT2D eigenvalue weighted by Crippen LogP contribution is -2.16. The Bertz CT molecular complexity index is 1140. The molecule has 0 atom stereocenters. The van der Waals surface area contributed by atoms with Crippen molar-refractivity contribution >= 4 is 17.0 Å². The van der Waals surface area contributed by atoms with Gasteiger partial charge in [-0.2, -0.15) is 5.10 Å². The smallest absolute Gasteiger partial charge is 0.206 e. The number of benzene rings is 2. The second kappa shape index (κ2) is 8.70. The molecule has 0 N–H and O–H groups in total. The molecule has 0 unspecified atom stereocenters. The molecular weight excluding hydrogens is 381 g/mol. The van der Waals surface area contributed by atoms with Gasteiger partial charge < -0.3 is 0 Å². The average Bonchev–Trinajstić information content (AvgIpc) is 2.99. The van der Waals surface area contributed by atoms with E-state index in [1.54, 1.807) is 12.1 Å². The number of thiazole rings is 1. The van der Waals surface area contributed by atoms with Gasteiger partial charge in [-0.15, -0.1) is 11.3 Å². The van der Waals surface area contributed by atoms with E-state index in [4.69, 9.17) is 5.10 Å². The molecule has 1 aliphatic rings. The molecule has 1 aliphatic carbocycles. The van der Waals surface area contributed by atoms with Crippen molar-refractivity contribution in [3.63, 3.8) is 0 Å². The predicted molar refractivity (Wildman–Crippen MR) is 119 cm³/mol. The van der Waals surface area contributed by atoms with Crippen LogP contribution >= 0.6 is 11.3 Å². The van der Waals surface area contributed by atoms with Crippen molar-refractivity contribution in [2.45, 2.75) is 32.6 Å². The molecule has 0 aliphatic heterocycles. The molecule has 2 aromatic carbocycles. The summed E-state index contributed by atoms with van der Waals surface area (Å²) in [4.78, 5) is 5.43. The van der Waals surface area contributed by atoms with E-state index in [9.17, 15) is 4.39 Å². The summed E-state index contributed by atoms with van der Waals surface area (Å²) in [5.74, 6) is -0.257. The summed E-state index contributed by atoms with van der Waals surface area (Å²) >= 11 is 1.48. The second-order valence-electron chi connectivity index (χ2n) is 7.38. The lowest BCUT2D eigenvalue weighted by Gasteiger charge is -2.10. The maximum absolute atomic E-state index is 14.6. The molecule has 0 spiro atoms. The molecule has 3 nitrogen and oxygen atoms in total. The van der Waals surface area contributed by atoms with E-state index in [1.807, 2.05) is 23.0 Å². The van der Waals surface area contributed by atoms with Crippen LogP contribution in [-0.2, 0) is 6.42 Å². The van der Waals surface area contributed by atoms with Gasteiger partial charge in [-0.25, -0.2) is 9.07 Å². The molecule has 0 amide bonds. The van der Waals surface area contributed by atoms with Crippen molar-refractivity contribution in [1.82, 2.24) is 4.68 Å². The topological polar surface area (TPSA) is 29.6 Å². The number of aryl methyl sites for hydroxylation is 1. The number of rotatable bonds is 4. The number of fused-ring (bicyclic) bond motifs is 1. The van der Waals surface area contributed by atoms with Crippen LogP contribution in [0.2, 0.25) is 0 Å². The van der Waals surface area contributed by atoms with Crippen LogP contribution in [0.15, 0.2) is 76.2 Å². The van der Waals surface area contributed by atoms with Crippen LogP contribution in [0.5, 0.6) is 0 Å². The van der Waals surface area contributed by atoms with Crippen molar-refractivity contribution < 1.29 is 4.39 Å². The van der Waals surface area contributed by atoms with Crippen LogP contribution in [-0.4, -0.2) is 16.9 Å². The number of hydrogen-bond acceptors (Lipinski definition) is 3. The fourth-order valence-electron chi connectivity index (χ4n) is 3.55. The van der Waals surface area contributed by atoms with Crippen molar-refractivity contribution in [1.29, 1.82) is 0 Å². The number of halogens is 1. The fourth-order valence-corrected chi connectivity index (χ4v) is 4.37. The number of hydrogen-bond donors (Lipinski definition) is 0. The summed E-state index contributed by atoms with van der Waals surface area (Å²) in [7, 11) is 0. The minimum atomic E-state index is -0.257. The van der Waals surface area contributed by atoms with Gasteiger partial charge >= 0.3 is 0 Å². The molecule has 5 heteroatoms. The molecule has 1 aromatic heterocycles. The van der Waals surface area contributed by atoms with E-state index in [2.05, 4.69) is 35.8 Å². The largest absolute Gasteiger partial charge is 0.253 e. The first-order valence-electron chi connectivity index (χ1n) is 9.90. The van der Waals surface area contributed by atoms with Crippen LogP contribution in [0, 0.1) is 5.82 Å². The van der Waals surface area contributed by atoms with Gasteiger partial charge in [-0.1, -0.05) is 48.6 Å². The van der Waals surface area contributed by atoms with E-state index in [0.29, 0.717) is 12.1 Å². The Balaban J connectivity index is 1.91. The van der Waals surface area contributed by atoms with Crippen molar-refractivity contribution in [3.8, 4) is 11.3 Å². The Morgan fingerprint density at radius 2 is 1.79 bits per heavy atom. The van der Waals surface area contributed by atoms with Crippen LogP contribution in [0.1, 0.15) is 37.3 Å². The van der Waals surface area contributed by atoms with Gasteiger partial charge in [0.25, 0.3) is 0 Å². The number of nitrogens with zero attached hydrogens (tertiary/aromatic N) is 3. The molecule has 148 valence electrons. The minimum Gasteiger partial charge on any atom is -0.253 e. The zero-order chi connectivity index (χ0) is 20.2. The average molecular weight is 406 g/mol. The molecule has 0 saturated carbocycles. The Labute approximate surface area is 174 Å². The van der Waals surface area contributed by atoms with Crippen LogP contribution < -0.4 is 4.80 Å². The Kier molecular flexibility index (Phi) is 5.86. The first kappa shape index (κ1) is 19.5. The quantitative estimate of drug-likeness (QED) is 0.387. The van der Waals surface area contributed by atoms with Gasteiger partial charge in [0.1, 0.15) is 5.82 Å². The maximum atomic E-state index is 14.6. The highest BCUT2D eigenvalue weighted by atomic mass is 32.1. The molecular formula is C24H24FN3S. The van der Waals surface area contributed by atoms with E-state index in [-0.39, 0.29) is 5.82 Å². The standard InChI is InChI=1S/C24H24FN3S/c1-17(2)15-26-24-28(23(16-29-24)20-12-6-7-13-21(20)25)27-22-14-8-4-10-18-9-3-5-11-19(18)22/h3,5-7,9,11-13,16H,1,4,8,10,14-15H2,2H3/b26-24?,27-22-. The summed E-state index contributed by atoms with van der Waals surface area (Å²) < 4.78 is 16.4. The monoisotopic (exact) mass is 405 g/mol. The van der Waals surface area contributed by atoms with Gasteiger partial charge in [-0.3, -0.25) is 4.99 Å². The van der Waals surface area contributed by atoms with E-state index in [0.717, 1.165) is 47.5 Å². The molecule has 0 bridgehead atoms. The van der Waals surface area contributed by atoms with Gasteiger partial charge in [0.2, 0.25) is 4.80 Å². The highest BCUT2D eigenvalue weighted by Crippen LogP contribution is 2.25. The van der Waals surface area contributed by atoms with Crippen molar-refractivity contribution in [2.75, 3.05) is 6.54 Å². The summed E-state index contributed by atoms with van der Waals surface area (Å²) in [5, 5.41) is 6.96. The third-order valence-corrected chi connectivity index (χ3v) is 5.83. The van der Waals surface area contributed by atoms with Crippen molar-refractivity contribution in [2.24, 2.45) is 10.1 Å². The van der Waals surface area contributed by atoms with E-state index in [1.165, 1.54) is 28.5 Å². The van der Waals surface area contributed by atoms with Crippen LogP contribution in [0.25, 0.3) is 11.3 Å². The lowest BCUT2D eigenvalue weighted by atomic mass is 10.0. The molecule has 0 fully saturated rings. The third-order valence-electron chi connectivity index (χ3n) is 4.98. The molecule has 0 radical (unpaired) electrons. The summed E-state index contributed by atoms with van der Waals surface area (Å²) in [6.45, 7) is 6.42. The highest BCUT2D eigenvalue weighted by molar-refractivity contribution is 7.07. The van der Waals surface area contributed by atoms with Crippen molar-refractivity contribution in [3.05, 3.63) is 87.8 Å². The molecule has 29 heavy (non-hydrogen) atoms. The third kappa shape index (κ3) is 4.30. The Morgan fingerprint density at radius 3 is 2.59 bits per heavy atom. The SMILES string of the molecule is C=C(C)CN=c1scc(-c2ccccc2F)n1/N=C1/CCCCc2ccccc21. The summed E-state index contributed by atoms with van der Waals surface area (Å²) in [5.41, 5.74) is 5.78. The van der Waals surface area contributed by atoms with Gasteiger partial charge in [0.15, 0.2) is 0 Å². The molecule has 0 saturated heterocycles. The van der Waals surface area contributed by atoms with Gasteiger partial charge in [0.05, 0.1) is 18.0 Å². The normalized spacial score (nSPS) is 15.9. The lowest BCUT2D eigenvalue weighted by molar-refractivity contribution is 0.629. The van der Waals surface area contributed by atoms with Crippen LogP contribution in [0.4, 0.5) is 4.39 Å². The minimum absolute atomic E-state index is 0.257. The zero-order valence-electron chi connectivity index (χ0n) is 16.6. The maximum Gasteiger partial charge on any atom is 0.206 e. The fraction of sp³-hybridized carbons (Fsp3) is 0.250. The van der Waals surface area contributed by atoms with E-state index >= 15 is 0 Å². The Hall–Kier alpha value is -2.79.